The van der Waals surface area contributed by atoms with Crippen molar-refractivity contribution >= 4 is 5.90 Å². The van der Waals surface area contributed by atoms with E-state index in [1.807, 2.05) is 0 Å². The number of hydrogen-bond acceptors (Lipinski definition) is 3. The Balaban J connectivity index is 1.63. The molecule has 2 heterocycles. The highest BCUT2D eigenvalue weighted by Crippen LogP contribution is 2.33. The monoisotopic (exact) mass is 194 g/mol. The number of rotatable bonds is 2. The highest BCUT2D eigenvalue weighted by Gasteiger charge is 2.34. The van der Waals surface area contributed by atoms with Crippen LogP contribution < -0.4 is 5.32 Å². The average molecular weight is 194 g/mol. The normalized spacial score (nSPS) is 37.9. The lowest BCUT2D eigenvalue weighted by molar-refractivity contribution is 0.210. The first kappa shape index (κ1) is 8.72. The second-order valence-corrected chi connectivity index (χ2v) is 4.69. The molecular weight excluding hydrogens is 176 g/mol. The van der Waals surface area contributed by atoms with Gasteiger partial charge < -0.3 is 10.1 Å². The van der Waals surface area contributed by atoms with Crippen LogP contribution in [0.5, 0.6) is 0 Å². The summed E-state index contributed by atoms with van der Waals surface area (Å²) in [5, 5.41) is 3.44. The van der Waals surface area contributed by atoms with Crippen molar-refractivity contribution in [2.75, 3.05) is 13.2 Å². The highest BCUT2D eigenvalue weighted by molar-refractivity contribution is 5.83. The number of nitrogens with one attached hydrogen (secondary N) is 1. The molecule has 3 heteroatoms. The molecule has 0 amide bonds. The van der Waals surface area contributed by atoms with Crippen LogP contribution in [0, 0.1) is 5.92 Å². The van der Waals surface area contributed by atoms with Crippen molar-refractivity contribution in [1.82, 2.24) is 5.32 Å². The number of hydrogen-bond donors (Lipinski definition) is 1. The van der Waals surface area contributed by atoms with E-state index >= 15 is 0 Å². The van der Waals surface area contributed by atoms with E-state index in [0.717, 1.165) is 25.0 Å². The molecule has 78 valence electrons. The van der Waals surface area contributed by atoms with Crippen LogP contribution in [-0.4, -0.2) is 31.1 Å². The molecule has 0 aromatic heterocycles. The van der Waals surface area contributed by atoms with Crippen LogP contribution in [-0.2, 0) is 4.74 Å². The molecule has 0 spiro atoms. The Kier molecular flexibility index (Phi) is 2.20. The van der Waals surface area contributed by atoms with Gasteiger partial charge in [0.05, 0.1) is 12.1 Å². The summed E-state index contributed by atoms with van der Waals surface area (Å²) in [5.74, 6) is 1.83. The van der Waals surface area contributed by atoms with E-state index in [9.17, 15) is 0 Å². The average Bonchev–Trinajstić information content (AvgIpc) is 2.65. The third-order valence-electron chi connectivity index (χ3n) is 3.75. The van der Waals surface area contributed by atoms with Crippen molar-refractivity contribution in [3.05, 3.63) is 0 Å². The van der Waals surface area contributed by atoms with Crippen LogP contribution in [0.25, 0.3) is 0 Å². The van der Waals surface area contributed by atoms with E-state index in [1.165, 1.54) is 32.1 Å². The highest BCUT2D eigenvalue weighted by atomic mass is 16.5. The van der Waals surface area contributed by atoms with E-state index in [0.29, 0.717) is 12.1 Å². The fraction of sp³-hybridized carbons (Fsp3) is 0.909. The van der Waals surface area contributed by atoms with Gasteiger partial charge >= 0.3 is 0 Å². The van der Waals surface area contributed by atoms with Gasteiger partial charge in [-0.1, -0.05) is 6.42 Å². The van der Waals surface area contributed by atoms with Gasteiger partial charge in [0, 0.05) is 0 Å². The lowest BCUT2D eigenvalue weighted by atomic mass is 9.80. The van der Waals surface area contributed by atoms with E-state index in [2.05, 4.69) is 5.32 Å². The van der Waals surface area contributed by atoms with Gasteiger partial charge in [-0.2, -0.15) is 0 Å². The van der Waals surface area contributed by atoms with Gasteiger partial charge in [0.25, 0.3) is 0 Å². The standard InChI is InChI=1S/C11H18N2O/c1-3-8(4-1)10-7-14-11(13-10)9-5-2-6-12-9/h8-10,12H,1-7H2. The summed E-state index contributed by atoms with van der Waals surface area (Å²) in [4.78, 5) is 4.72. The maximum Gasteiger partial charge on any atom is 0.201 e. The molecule has 2 atom stereocenters. The zero-order valence-corrected chi connectivity index (χ0v) is 8.54. The molecule has 0 bridgehead atoms. The Bertz CT molecular complexity index is 242. The van der Waals surface area contributed by atoms with Crippen molar-refractivity contribution in [2.45, 2.75) is 44.2 Å². The van der Waals surface area contributed by atoms with E-state index < -0.39 is 0 Å². The van der Waals surface area contributed by atoms with Crippen molar-refractivity contribution in [3.8, 4) is 0 Å². The molecule has 1 N–H and O–H groups in total. The van der Waals surface area contributed by atoms with Gasteiger partial charge in [-0.15, -0.1) is 0 Å². The van der Waals surface area contributed by atoms with Crippen LogP contribution in [0.4, 0.5) is 0 Å². The summed E-state index contributed by atoms with van der Waals surface area (Å²) in [6, 6.07) is 0.918. The second kappa shape index (κ2) is 3.54. The zero-order chi connectivity index (χ0) is 9.38. The molecule has 14 heavy (non-hydrogen) atoms. The first-order valence-corrected chi connectivity index (χ1v) is 5.87. The Morgan fingerprint density at radius 1 is 1.21 bits per heavy atom. The van der Waals surface area contributed by atoms with Gasteiger partial charge in [0.15, 0.2) is 0 Å². The van der Waals surface area contributed by atoms with Gasteiger partial charge in [0.2, 0.25) is 5.90 Å². The van der Waals surface area contributed by atoms with Crippen LogP contribution in [0.15, 0.2) is 4.99 Å². The van der Waals surface area contributed by atoms with Crippen LogP contribution in [0.1, 0.15) is 32.1 Å². The largest absolute Gasteiger partial charge is 0.478 e. The second-order valence-electron chi connectivity index (χ2n) is 4.69. The van der Waals surface area contributed by atoms with Crippen LogP contribution in [0.3, 0.4) is 0 Å². The number of nitrogens with zero attached hydrogens (tertiary/aromatic N) is 1. The minimum atomic E-state index is 0.431. The fourth-order valence-corrected chi connectivity index (χ4v) is 2.56. The first-order chi connectivity index (χ1) is 6.93. The van der Waals surface area contributed by atoms with E-state index in [4.69, 9.17) is 9.73 Å². The van der Waals surface area contributed by atoms with Crippen molar-refractivity contribution in [2.24, 2.45) is 10.9 Å². The van der Waals surface area contributed by atoms with E-state index in [1.54, 1.807) is 0 Å². The van der Waals surface area contributed by atoms with Gasteiger partial charge in [0.1, 0.15) is 6.61 Å². The lowest BCUT2D eigenvalue weighted by Crippen LogP contribution is -2.30. The maximum atomic E-state index is 5.69. The van der Waals surface area contributed by atoms with E-state index in [-0.39, 0.29) is 0 Å². The van der Waals surface area contributed by atoms with Gasteiger partial charge in [-0.05, 0) is 38.1 Å². The predicted molar refractivity (Wildman–Crippen MR) is 55.5 cm³/mol. The molecule has 3 aliphatic rings. The predicted octanol–water partition coefficient (Wildman–Crippen LogP) is 1.34. The Hall–Kier alpha value is -0.570. The SMILES string of the molecule is C1CNC(C2=NC(C3CCC3)CO2)C1. The summed E-state index contributed by atoms with van der Waals surface area (Å²) >= 11 is 0. The zero-order valence-electron chi connectivity index (χ0n) is 8.54. The molecule has 2 aliphatic heterocycles. The summed E-state index contributed by atoms with van der Waals surface area (Å²) in [7, 11) is 0. The molecule has 0 radical (unpaired) electrons. The molecule has 3 rings (SSSR count). The molecule has 3 nitrogen and oxygen atoms in total. The van der Waals surface area contributed by atoms with Crippen molar-refractivity contribution in [1.29, 1.82) is 0 Å². The Labute approximate surface area is 84.9 Å². The Morgan fingerprint density at radius 3 is 2.79 bits per heavy atom. The molecular formula is C11H18N2O. The van der Waals surface area contributed by atoms with Crippen LogP contribution >= 0.6 is 0 Å². The molecule has 0 aromatic carbocycles. The molecule has 1 saturated heterocycles. The minimum Gasteiger partial charge on any atom is -0.478 e. The molecule has 2 unspecified atom stereocenters. The third kappa shape index (κ3) is 1.44. The smallest absolute Gasteiger partial charge is 0.201 e. The van der Waals surface area contributed by atoms with Crippen molar-refractivity contribution < 1.29 is 4.74 Å². The summed E-state index contributed by atoms with van der Waals surface area (Å²) < 4.78 is 5.69. The topological polar surface area (TPSA) is 33.6 Å². The number of aliphatic imine (C=N–C) groups is 1. The molecule has 0 aromatic rings. The minimum absolute atomic E-state index is 0.431. The lowest BCUT2D eigenvalue weighted by Gasteiger charge is -2.27. The quantitative estimate of drug-likeness (QED) is 0.719. The third-order valence-corrected chi connectivity index (χ3v) is 3.75. The maximum absolute atomic E-state index is 5.69. The van der Waals surface area contributed by atoms with Gasteiger partial charge in [-0.25, -0.2) is 4.99 Å². The van der Waals surface area contributed by atoms with Gasteiger partial charge in [-0.3, -0.25) is 0 Å². The molecule has 2 fully saturated rings. The first-order valence-electron chi connectivity index (χ1n) is 5.87. The number of ether oxygens (including phenoxy) is 1. The Morgan fingerprint density at radius 2 is 2.14 bits per heavy atom. The fourth-order valence-electron chi connectivity index (χ4n) is 2.56. The summed E-state index contributed by atoms with van der Waals surface area (Å²) in [6.07, 6.45) is 6.59. The summed E-state index contributed by atoms with van der Waals surface area (Å²) in [5.41, 5.74) is 0. The molecule has 1 aliphatic carbocycles. The summed E-state index contributed by atoms with van der Waals surface area (Å²) in [6.45, 7) is 1.97. The van der Waals surface area contributed by atoms with Crippen molar-refractivity contribution in [3.63, 3.8) is 0 Å². The van der Waals surface area contributed by atoms with Crippen LogP contribution in [0.2, 0.25) is 0 Å². The molecule has 1 saturated carbocycles.